The number of likely N-dealkylation sites (tertiary alicyclic amines) is 2. The van der Waals surface area contributed by atoms with E-state index >= 15 is 0 Å². The van der Waals surface area contributed by atoms with Crippen LogP contribution in [0.3, 0.4) is 0 Å². The Morgan fingerprint density at radius 1 is 1.16 bits per heavy atom. The van der Waals surface area contributed by atoms with Gasteiger partial charge in [0.2, 0.25) is 17.7 Å². The van der Waals surface area contributed by atoms with Gasteiger partial charge in [0, 0.05) is 19.6 Å². The minimum absolute atomic E-state index is 0.0484. The number of nitrogens with one attached hydrogen (secondary N) is 2. The summed E-state index contributed by atoms with van der Waals surface area (Å²) in [6, 6.07) is 8.71. The predicted octanol–water partition coefficient (Wildman–Crippen LogP) is 1.67. The van der Waals surface area contributed by atoms with E-state index in [9.17, 15) is 14.4 Å². The predicted molar refractivity (Wildman–Crippen MR) is 125 cm³/mol. The maximum Gasteiger partial charge on any atom is 0.246 e. The molecule has 3 rings (SSSR count). The van der Waals surface area contributed by atoms with Gasteiger partial charge >= 0.3 is 0 Å². The van der Waals surface area contributed by atoms with Gasteiger partial charge in [0.25, 0.3) is 0 Å². The van der Waals surface area contributed by atoms with Crippen molar-refractivity contribution in [3.05, 3.63) is 35.9 Å². The molecule has 5 unspecified atom stereocenters. The van der Waals surface area contributed by atoms with Crippen LogP contribution in [0, 0.1) is 17.8 Å². The van der Waals surface area contributed by atoms with Gasteiger partial charge in [-0.25, -0.2) is 0 Å². The van der Waals surface area contributed by atoms with E-state index in [1.807, 2.05) is 36.9 Å². The van der Waals surface area contributed by atoms with Crippen molar-refractivity contribution in [2.75, 3.05) is 26.7 Å². The van der Waals surface area contributed by atoms with Gasteiger partial charge in [-0.05, 0) is 50.1 Å². The first kappa shape index (κ1) is 24.2. The summed E-state index contributed by atoms with van der Waals surface area (Å²) < 4.78 is 0. The summed E-state index contributed by atoms with van der Waals surface area (Å²) >= 11 is 0. The molecule has 0 aromatic heterocycles. The molecule has 0 spiro atoms. The third-order valence-electron chi connectivity index (χ3n) is 7.11. The SMILES string of the molecule is CNC(C)C(=O)NC(C(=O)N1CC(C)C2CCN(CCc3ccccc3)C(=O)C21)C(C)C. The lowest BCUT2D eigenvalue weighted by molar-refractivity contribution is -0.149. The lowest BCUT2D eigenvalue weighted by atomic mass is 9.85. The Morgan fingerprint density at radius 2 is 1.84 bits per heavy atom. The van der Waals surface area contributed by atoms with Crippen molar-refractivity contribution in [1.29, 1.82) is 0 Å². The van der Waals surface area contributed by atoms with Gasteiger partial charge in [0.15, 0.2) is 0 Å². The third kappa shape index (κ3) is 5.14. The van der Waals surface area contributed by atoms with Crippen LogP contribution in [0.4, 0.5) is 0 Å². The number of rotatable bonds is 8. The second-order valence-corrected chi connectivity index (χ2v) is 9.67. The number of piperidine rings is 1. The molecule has 32 heavy (non-hydrogen) atoms. The highest BCUT2D eigenvalue weighted by molar-refractivity contribution is 5.94. The van der Waals surface area contributed by atoms with Crippen LogP contribution in [0.15, 0.2) is 30.3 Å². The lowest BCUT2D eigenvalue weighted by Gasteiger charge is -2.39. The van der Waals surface area contributed by atoms with Crippen LogP contribution < -0.4 is 10.6 Å². The van der Waals surface area contributed by atoms with Gasteiger partial charge in [-0.3, -0.25) is 14.4 Å². The molecule has 0 saturated carbocycles. The second-order valence-electron chi connectivity index (χ2n) is 9.67. The molecule has 2 heterocycles. The zero-order valence-corrected chi connectivity index (χ0v) is 20.0. The Bertz CT molecular complexity index is 813. The van der Waals surface area contributed by atoms with Crippen molar-refractivity contribution in [3.8, 4) is 0 Å². The Hall–Kier alpha value is -2.41. The molecule has 3 amide bonds. The molecule has 5 atom stereocenters. The maximum absolute atomic E-state index is 13.6. The number of fused-ring (bicyclic) bond motifs is 1. The highest BCUT2D eigenvalue weighted by atomic mass is 16.2. The molecule has 2 N–H and O–H groups in total. The molecule has 1 aromatic rings. The van der Waals surface area contributed by atoms with Gasteiger partial charge < -0.3 is 20.4 Å². The quantitative estimate of drug-likeness (QED) is 0.642. The van der Waals surface area contributed by atoms with Crippen LogP contribution in [-0.2, 0) is 20.8 Å². The van der Waals surface area contributed by atoms with Crippen LogP contribution >= 0.6 is 0 Å². The summed E-state index contributed by atoms with van der Waals surface area (Å²) in [7, 11) is 1.72. The summed E-state index contributed by atoms with van der Waals surface area (Å²) in [5.74, 6) is 0.0743. The fourth-order valence-corrected chi connectivity index (χ4v) is 4.92. The zero-order chi connectivity index (χ0) is 23.4. The van der Waals surface area contributed by atoms with Crippen molar-refractivity contribution in [2.45, 2.75) is 58.7 Å². The van der Waals surface area contributed by atoms with E-state index < -0.39 is 12.1 Å². The van der Waals surface area contributed by atoms with E-state index in [4.69, 9.17) is 0 Å². The van der Waals surface area contributed by atoms with Crippen LogP contribution in [-0.4, -0.2) is 72.3 Å². The molecule has 176 valence electrons. The molecular formula is C25H38N4O3. The first-order valence-corrected chi connectivity index (χ1v) is 11.8. The smallest absolute Gasteiger partial charge is 0.246 e. The monoisotopic (exact) mass is 442 g/mol. The highest BCUT2D eigenvalue weighted by Crippen LogP contribution is 2.37. The minimum Gasteiger partial charge on any atom is -0.343 e. The summed E-state index contributed by atoms with van der Waals surface area (Å²) in [6.07, 6.45) is 1.71. The number of nitrogens with zero attached hydrogens (tertiary/aromatic N) is 2. The number of hydrogen-bond acceptors (Lipinski definition) is 4. The summed E-state index contributed by atoms with van der Waals surface area (Å²) in [5.41, 5.74) is 1.20. The Labute approximate surface area is 191 Å². The molecule has 0 radical (unpaired) electrons. The van der Waals surface area contributed by atoms with E-state index in [0.29, 0.717) is 13.1 Å². The first-order chi connectivity index (χ1) is 15.2. The van der Waals surface area contributed by atoms with Gasteiger partial charge in [0.1, 0.15) is 12.1 Å². The Morgan fingerprint density at radius 3 is 2.47 bits per heavy atom. The third-order valence-corrected chi connectivity index (χ3v) is 7.11. The van der Waals surface area contributed by atoms with Crippen molar-refractivity contribution in [3.63, 3.8) is 0 Å². The number of benzene rings is 1. The van der Waals surface area contributed by atoms with E-state index in [0.717, 1.165) is 19.4 Å². The second kappa shape index (κ2) is 10.5. The Kier molecular flexibility index (Phi) is 7.93. The number of hydrogen-bond donors (Lipinski definition) is 2. The van der Waals surface area contributed by atoms with Crippen LogP contribution in [0.25, 0.3) is 0 Å². The van der Waals surface area contributed by atoms with Crippen molar-refractivity contribution in [2.24, 2.45) is 17.8 Å². The van der Waals surface area contributed by atoms with E-state index in [-0.39, 0.29) is 41.5 Å². The van der Waals surface area contributed by atoms with E-state index in [1.54, 1.807) is 18.9 Å². The normalized spacial score (nSPS) is 24.9. The van der Waals surface area contributed by atoms with Crippen LogP contribution in [0.1, 0.15) is 39.7 Å². The highest BCUT2D eigenvalue weighted by Gasteiger charge is 2.50. The molecule has 2 aliphatic rings. The minimum atomic E-state index is -0.642. The average Bonchev–Trinajstić information content (AvgIpc) is 3.13. The van der Waals surface area contributed by atoms with E-state index in [2.05, 4.69) is 29.7 Å². The largest absolute Gasteiger partial charge is 0.343 e. The van der Waals surface area contributed by atoms with Gasteiger partial charge in [-0.2, -0.15) is 0 Å². The molecule has 2 saturated heterocycles. The number of likely N-dealkylation sites (N-methyl/N-ethyl adjacent to an activating group) is 1. The standard InChI is InChI=1S/C25H38N4O3/c1-16(2)21(27-23(30)18(4)26-5)24(31)29-15-17(3)20-12-14-28(25(32)22(20)29)13-11-19-9-7-6-8-10-19/h6-10,16-18,20-22,26H,11-15H2,1-5H3,(H,27,30). The Balaban J connectivity index is 1.73. The van der Waals surface area contributed by atoms with Gasteiger partial charge in [-0.15, -0.1) is 0 Å². The molecule has 2 aliphatic heterocycles. The number of carbonyl (C=O) groups is 3. The molecule has 1 aromatic carbocycles. The molecule has 7 nitrogen and oxygen atoms in total. The molecule has 0 bridgehead atoms. The molecule has 7 heteroatoms. The topological polar surface area (TPSA) is 81.8 Å². The molecule has 2 fully saturated rings. The van der Waals surface area contributed by atoms with Crippen molar-refractivity contribution >= 4 is 17.7 Å². The maximum atomic E-state index is 13.6. The number of carbonyl (C=O) groups excluding carboxylic acids is 3. The summed E-state index contributed by atoms with van der Waals surface area (Å²) in [4.78, 5) is 43.2. The van der Waals surface area contributed by atoms with Crippen molar-refractivity contribution in [1.82, 2.24) is 20.4 Å². The van der Waals surface area contributed by atoms with Crippen molar-refractivity contribution < 1.29 is 14.4 Å². The van der Waals surface area contributed by atoms with Gasteiger partial charge in [0.05, 0.1) is 6.04 Å². The summed E-state index contributed by atoms with van der Waals surface area (Å²) in [5, 5.41) is 5.82. The molecule has 0 aliphatic carbocycles. The van der Waals surface area contributed by atoms with Crippen LogP contribution in [0.2, 0.25) is 0 Å². The summed E-state index contributed by atoms with van der Waals surface area (Å²) in [6.45, 7) is 9.71. The van der Waals surface area contributed by atoms with Gasteiger partial charge in [-0.1, -0.05) is 51.1 Å². The van der Waals surface area contributed by atoms with Crippen LogP contribution in [0.5, 0.6) is 0 Å². The lowest BCUT2D eigenvalue weighted by Crippen LogP contribution is -2.59. The zero-order valence-electron chi connectivity index (χ0n) is 20.0. The average molecular weight is 443 g/mol. The fraction of sp³-hybridized carbons (Fsp3) is 0.640. The van der Waals surface area contributed by atoms with E-state index in [1.165, 1.54) is 5.56 Å². The molecular weight excluding hydrogens is 404 g/mol. The fourth-order valence-electron chi connectivity index (χ4n) is 4.92. The number of amides is 3. The first-order valence-electron chi connectivity index (χ1n) is 11.8.